The van der Waals surface area contributed by atoms with E-state index in [0.717, 1.165) is 0 Å². The Bertz CT molecular complexity index is 1630. The molecule has 2 saturated heterocycles. The Kier molecular flexibility index (Phi) is 19.8. The minimum atomic E-state index is -1.99. The van der Waals surface area contributed by atoms with Gasteiger partial charge in [-0.2, -0.15) is 0 Å². The van der Waals surface area contributed by atoms with Gasteiger partial charge in [-0.1, -0.05) is 19.9 Å². The number of carboxylic acids is 2. The fraction of sp³-hybridized carbons (Fsp3) is 0.692. The molecule has 2 fully saturated rings. The third-order valence-electron chi connectivity index (χ3n) is 9.36. The number of amides is 4. The van der Waals surface area contributed by atoms with Gasteiger partial charge in [-0.3, -0.25) is 14.4 Å². The maximum absolute atomic E-state index is 13.4. The number of ether oxygens (including phenoxy) is 6. The van der Waals surface area contributed by atoms with Crippen LogP contribution in [0.1, 0.15) is 66.4 Å². The van der Waals surface area contributed by atoms with Crippen LogP contribution in [0, 0.1) is 5.92 Å². The first-order valence-corrected chi connectivity index (χ1v) is 20.0. The van der Waals surface area contributed by atoms with Crippen LogP contribution in [0.5, 0.6) is 5.75 Å². The molecule has 2 aliphatic rings. The van der Waals surface area contributed by atoms with E-state index in [0.29, 0.717) is 57.9 Å². The third kappa shape index (κ3) is 16.9. The largest absolute Gasteiger partial charge is 0.481 e. The fourth-order valence-electron chi connectivity index (χ4n) is 6.03. The molecule has 0 aromatic heterocycles. The first-order chi connectivity index (χ1) is 28.7. The van der Waals surface area contributed by atoms with Crippen LogP contribution in [-0.4, -0.2) is 167 Å². The van der Waals surface area contributed by atoms with Crippen molar-refractivity contribution in [1.29, 1.82) is 0 Å². The summed E-state index contributed by atoms with van der Waals surface area (Å²) < 4.78 is 32.6. The Morgan fingerprint density at radius 1 is 0.869 bits per heavy atom. The number of rotatable bonds is 21. The summed E-state index contributed by atoms with van der Waals surface area (Å²) >= 11 is 0. The number of hydrogen-bond acceptors (Lipinski definition) is 16. The molecule has 344 valence electrons. The molecule has 2 heterocycles. The van der Waals surface area contributed by atoms with E-state index >= 15 is 0 Å². The second-order valence-electron chi connectivity index (χ2n) is 15.9. The summed E-state index contributed by atoms with van der Waals surface area (Å²) in [4.78, 5) is 75.8. The summed E-state index contributed by atoms with van der Waals surface area (Å²) in [5.41, 5.74) is -0.544. The lowest BCUT2D eigenvalue weighted by atomic mass is 9.99. The Morgan fingerprint density at radius 2 is 1.52 bits per heavy atom. The fourth-order valence-corrected chi connectivity index (χ4v) is 6.03. The molecule has 22 nitrogen and oxygen atoms in total. The lowest BCUT2D eigenvalue weighted by Crippen LogP contribution is -2.61. The molecule has 0 spiro atoms. The number of nitrogens with one attached hydrogen (secondary N) is 4. The molecule has 4 amide bonds. The van der Waals surface area contributed by atoms with Gasteiger partial charge in [0.05, 0.1) is 38.5 Å². The summed E-state index contributed by atoms with van der Waals surface area (Å²) in [5, 5.41) is 60.3. The minimum absolute atomic E-state index is 0.0548. The number of anilines is 1. The van der Waals surface area contributed by atoms with Crippen molar-refractivity contribution in [3.63, 3.8) is 0 Å². The predicted octanol–water partition coefficient (Wildman–Crippen LogP) is 0.149. The molecule has 0 aliphatic carbocycles. The molecule has 0 bridgehead atoms. The van der Waals surface area contributed by atoms with Crippen LogP contribution >= 0.6 is 0 Å². The van der Waals surface area contributed by atoms with Crippen molar-refractivity contribution in [1.82, 2.24) is 20.9 Å². The predicted molar refractivity (Wildman–Crippen MR) is 212 cm³/mol. The molecule has 2 aliphatic heterocycles. The van der Waals surface area contributed by atoms with E-state index in [1.165, 1.54) is 25.1 Å². The molecule has 2 unspecified atom stereocenters. The minimum Gasteiger partial charge on any atom is -0.481 e. The van der Waals surface area contributed by atoms with Gasteiger partial charge < -0.3 is 80.1 Å². The van der Waals surface area contributed by atoms with Gasteiger partial charge >= 0.3 is 24.1 Å². The normalized spacial score (nSPS) is 21.8. The van der Waals surface area contributed by atoms with Crippen molar-refractivity contribution in [2.75, 3.05) is 51.4 Å². The topological polar surface area (TPSA) is 310 Å². The highest BCUT2D eigenvalue weighted by Crippen LogP contribution is 2.31. The third-order valence-corrected chi connectivity index (χ3v) is 9.36. The number of aliphatic hydroxyl groups excluding tert-OH is 3. The van der Waals surface area contributed by atoms with Crippen molar-refractivity contribution in [3.05, 3.63) is 23.8 Å². The van der Waals surface area contributed by atoms with Crippen LogP contribution in [0.4, 0.5) is 15.3 Å². The van der Waals surface area contributed by atoms with Gasteiger partial charge in [0.15, 0.2) is 6.10 Å². The Labute approximate surface area is 353 Å². The maximum atomic E-state index is 13.4. The molecule has 22 heteroatoms. The Morgan fingerprint density at radius 3 is 2.13 bits per heavy atom. The lowest BCUT2D eigenvalue weighted by Gasteiger charge is -2.38. The Balaban J connectivity index is 1.64. The number of carbonyl (C=O) groups excluding carboxylic acids is 4. The van der Waals surface area contributed by atoms with Gasteiger partial charge in [0.1, 0.15) is 48.4 Å². The first-order valence-electron chi connectivity index (χ1n) is 20.0. The SMILES string of the molecule is CC(NC(=O)C(NC(=O)OC(C)(C)C)C(C)C)C(=O)Nc1ccc(COC(=O)N2CCC(NCCOCCOCCC(=O)O)CC2)cc1O[C@@H]1O[C@H](C(=O)O)[C@@H](O)[C@H](O)[C@H]1O. The molecule has 3 rings (SSSR count). The smallest absolute Gasteiger partial charge is 0.410 e. The van der Waals surface area contributed by atoms with Crippen LogP contribution in [0.3, 0.4) is 0 Å². The van der Waals surface area contributed by atoms with Gasteiger partial charge in [0.2, 0.25) is 18.1 Å². The second-order valence-corrected chi connectivity index (χ2v) is 15.9. The highest BCUT2D eigenvalue weighted by molar-refractivity contribution is 5.99. The highest BCUT2D eigenvalue weighted by atomic mass is 16.7. The van der Waals surface area contributed by atoms with E-state index in [9.17, 15) is 49.2 Å². The van der Waals surface area contributed by atoms with Crippen molar-refractivity contribution < 1.29 is 82.7 Å². The summed E-state index contributed by atoms with van der Waals surface area (Å²) in [6.45, 7) is 12.1. The number of carbonyl (C=O) groups is 6. The van der Waals surface area contributed by atoms with Crippen LogP contribution in [0.25, 0.3) is 0 Å². The number of likely N-dealkylation sites (tertiary alicyclic amines) is 1. The van der Waals surface area contributed by atoms with Crippen LogP contribution in [0.2, 0.25) is 0 Å². The van der Waals surface area contributed by atoms with E-state index in [2.05, 4.69) is 21.3 Å². The average molecular weight is 872 g/mol. The quantitative estimate of drug-likeness (QED) is 0.0743. The maximum Gasteiger partial charge on any atom is 0.410 e. The number of nitrogens with zero attached hydrogens (tertiary/aromatic N) is 1. The summed E-state index contributed by atoms with van der Waals surface area (Å²) in [6, 6.07) is 2.08. The molecule has 7 atom stereocenters. The number of aliphatic carboxylic acids is 2. The molecule has 1 aromatic rings. The number of aliphatic hydroxyl groups is 3. The highest BCUT2D eigenvalue weighted by Gasteiger charge is 2.48. The number of hydrogen-bond donors (Lipinski definition) is 9. The monoisotopic (exact) mass is 871 g/mol. The second kappa shape index (κ2) is 24.0. The summed E-state index contributed by atoms with van der Waals surface area (Å²) in [7, 11) is 0. The number of alkyl carbamates (subject to hydrolysis) is 1. The van der Waals surface area contributed by atoms with Crippen molar-refractivity contribution in [3.8, 4) is 5.75 Å². The molecule has 61 heavy (non-hydrogen) atoms. The van der Waals surface area contributed by atoms with Gasteiger partial charge in [0, 0.05) is 25.7 Å². The van der Waals surface area contributed by atoms with Crippen LogP contribution < -0.4 is 26.0 Å². The van der Waals surface area contributed by atoms with E-state index in [4.69, 9.17) is 33.5 Å². The summed E-state index contributed by atoms with van der Waals surface area (Å²) in [5.74, 6) is -4.62. The van der Waals surface area contributed by atoms with E-state index in [-0.39, 0.29) is 37.1 Å². The average Bonchev–Trinajstić information content (AvgIpc) is 3.18. The number of piperidine rings is 1. The van der Waals surface area contributed by atoms with Crippen LogP contribution in [0.15, 0.2) is 18.2 Å². The molecular formula is C39H61N5O17. The zero-order valence-electron chi connectivity index (χ0n) is 35.3. The number of carboxylic acid groups (broad SMARTS) is 2. The molecule has 0 radical (unpaired) electrons. The summed E-state index contributed by atoms with van der Waals surface area (Å²) in [6.07, 6.45) is -9.96. The molecular weight excluding hydrogens is 810 g/mol. The first kappa shape index (κ1) is 50.5. The van der Waals surface area contributed by atoms with E-state index in [1.54, 1.807) is 39.5 Å². The number of benzene rings is 1. The van der Waals surface area contributed by atoms with Crippen LogP contribution in [-0.2, 0) is 49.5 Å². The molecule has 0 saturated carbocycles. The van der Waals surface area contributed by atoms with Gasteiger partial charge in [0.25, 0.3) is 0 Å². The zero-order chi connectivity index (χ0) is 45.4. The van der Waals surface area contributed by atoms with E-state index in [1.807, 2.05) is 0 Å². The standard InChI is InChI=1S/C39H61N5O17/c1-21(2)28(43-37(54)61-39(4,5)6)34(51)41-22(3)33(50)42-25-8-7-23(19-26(25)59-36-31(49)29(47)30(48)32(60-36)35(52)53)20-58-38(55)44-13-9-24(10-14-44)40-12-16-57-18-17-56-15-11-27(45)46/h7-8,19,21-22,24,28-32,36,40,47-49H,9-18,20H2,1-6H3,(H,41,51)(H,42,50)(H,43,54)(H,45,46)(H,52,53)/t22?,28?,29-,30-,31+,32-,36+/m0/s1. The lowest BCUT2D eigenvalue weighted by molar-refractivity contribution is -0.271. The zero-order valence-corrected chi connectivity index (χ0v) is 35.3. The van der Waals surface area contributed by atoms with Crippen molar-refractivity contribution in [2.24, 2.45) is 5.92 Å². The Hall–Kier alpha value is -4.84. The van der Waals surface area contributed by atoms with Gasteiger partial charge in [-0.05, 0) is 64.2 Å². The molecule has 1 aromatic carbocycles. The van der Waals surface area contributed by atoms with Crippen molar-refractivity contribution in [2.45, 2.75) is 122 Å². The molecule has 9 N–H and O–H groups in total. The van der Waals surface area contributed by atoms with E-state index < -0.39 is 90.2 Å². The van der Waals surface area contributed by atoms with Gasteiger partial charge in [-0.15, -0.1) is 0 Å². The van der Waals surface area contributed by atoms with Gasteiger partial charge in [-0.25, -0.2) is 14.4 Å². The van der Waals surface area contributed by atoms with Crippen molar-refractivity contribution >= 4 is 41.6 Å².